The summed E-state index contributed by atoms with van der Waals surface area (Å²) in [6.45, 7) is 2.71. The van der Waals surface area contributed by atoms with E-state index in [1.165, 1.54) is 12.0 Å². The topological polar surface area (TPSA) is 38.0 Å². The largest absolute Gasteiger partial charge is 0.329 e. The Morgan fingerprint density at radius 1 is 1.00 bits per heavy atom. The summed E-state index contributed by atoms with van der Waals surface area (Å²) < 4.78 is 0. The van der Waals surface area contributed by atoms with Gasteiger partial charge in [-0.15, -0.1) is 24.8 Å². The second kappa shape index (κ2) is 11.8. The molecule has 15 heavy (non-hydrogen) atoms. The van der Waals surface area contributed by atoms with Crippen LogP contribution in [-0.4, -0.2) is 19.6 Å². The molecule has 0 saturated carbocycles. The first-order valence-corrected chi connectivity index (χ1v) is 4.88. The summed E-state index contributed by atoms with van der Waals surface area (Å²) in [7, 11) is 0. The molecular formula is C11H20Cl2N2. The second-order valence-electron chi connectivity index (χ2n) is 3.13. The molecule has 0 aromatic heterocycles. The number of hydrogen-bond donors (Lipinski definition) is 2. The fourth-order valence-corrected chi connectivity index (χ4v) is 1.29. The third-order valence-electron chi connectivity index (χ3n) is 1.98. The van der Waals surface area contributed by atoms with E-state index in [1.807, 2.05) is 0 Å². The molecule has 1 aromatic rings. The van der Waals surface area contributed by atoms with Crippen LogP contribution in [0.5, 0.6) is 0 Å². The van der Waals surface area contributed by atoms with Crippen LogP contribution < -0.4 is 11.1 Å². The van der Waals surface area contributed by atoms with Crippen molar-refractivity contribution >= 4 is 24.8 Å². The molecule has 0 spiro atoms. The zero-order valence-corrected chi connectivity index (χ0v) is 10.4. The second-order valence-corrected chi connectivity index (χ2v) is 3.13. The van der Waals surface area contributed by atoms with Gasteiger partial charge in [0.05, 0.1) is 0 Å². The Bertz CT molecular complexity index is 217. The zero-order valence-electron chi connectivity index (χ0n) is 8.82. The van der Waals surface area contributed by atoms with Crippen molar-refractivity contribution in [1.82, 2.24) is 5.32 Å². The Morgan fingerprint density at radius 2 is 1.67 bits per heavy atom. The summed E-state index contributed by atoms with van der Waals surface area (Å²) in [5.41, 5.74) is 6.77. The van der Waals surface area contributed by atoms with Crippen molar-refractivity contribution in [2.45, 2.75) is 12.8 Å². The molecule has 0 amide bonds. The smallest absolute Gasteiger partial charge is 0.00745 e. The maximum Gasteiger partial charge on any atom is 0.00745 e. The summed E-state index contributed by atoms with van der Waals surface area (Å²) in [6.07, 6.45) is 2.34. The van der Waals surface area contributed by atoms with Crippen LogP contribution in [0.3, 0.4) is 0 Å². The number of rotatable bonds is 6. The van der Waals surface area contributed by atoms with E-state index in [9.17, 15) is 0 Å². The third-order valence-corrected chi connectivity index (χ3v) is 1.98. The first-order chi connectivity index (χ1) is 6.43. The lowest BCUT2D eigenvalue weighted by Gasteiger charge is -2.02. The van der Waals surface area contributed by atoms with Crippen molar-refractivity contribution in [3.05, 3.63) is 35.9 Å². The predicted molar refractivity (Wildman–Crippen MR) is 71.2 cm³/mol. The van der Waals surface area contributed by atoms with Gasteiger partial charge in [-0.2, -0.15) is 0 Å². The Balaban J connectivity index is 0. The Morgan fingerprint density at radius 3 is 2.27 bits per heavy atom. The van der Waals surface area contributed by atoms with E-state index in [-0.39, 0.29) is 24.8 Å². The first-order valence-electron chi connectivity index (χ1n) is 4.88. The minimum atomic E-state index is 0. The molecule has 1 aromatic carbocycles. The van der Waals surface area contributed by atoms with Crippen LogP contribution >= 0.6 is 24.8 Å². The van der Waals surface area contributed by atoms with E-state index in [4.69, 9.17) is 5.73 Å². The van der Waals surface area contributed by atoms with E-state index in [1.54, 1.807) is 0 Å². The Labute approximate surface area is 104 Å². The molecule has 0 aliphatic heterocycles. The van der Waals surface area contributed by atoms with Gasteiger partial charge in [0, 0.05) is 13.1 Å². The number of nitrogens with two attached hydrogens (primary N) is 1. The lowest BCUT2D eigenvalue weighted by Crippen LogP contribution is -2.23. The van der Waals surface area contributed by atoms with Crippen molar-refractivity contribution in [3.8, 4) is 0 Å². The van der Waals surface area contributed by atoms with Gasteiger partial charge in [0.2, 0.25) is 0 Å². The number of nitrogens with one attached hydrogen (secondary N) is 1. The first kappa shape index (κ1) is 17.1. The number of benzene rings is 1. The molecule has 0 bridgehead atoms. The van der Waals surface area contributed by atoms with Gasteiger partial charge >= 0.3 is 0 Å². The number of hydrogen-bond acceptors (Lipinski definition) is 2. The number of halogens is 2. The minimum absolute atomic E-state index is 0. The van der Waals surface area contributed by atoms with E-state index < -0.39 is 0 Å². The molecule has 4 heteroatoms. The van der Waals surface area contributed by atoms with Gasteiger partial charge in [-0.1, -0.05) is 30.3 Å². The van der Waals surface area contributed by atoms with Gasteiger partial charge in [-0.25, -0.2) is 0 Å². The average molecular weight is 251 g/mol. The van der Waals surface area contributed by atoms with Crippen LogP contribution in [0.2, 0.25) is 0 Å². The van der Waals surface area contributed by atoms with Crippen LogP contribution in [0.4, 0.5) is 0 Å². The Hall–Kier alpha value is -0.280. The lowest BCUT2D eigenvalue weighted by molar-refractivity contribution is 0.653. The highest BCUT2D eigenvalue weighted by molar-refractivity contribution is 5.85. The molecular weight excluding hydrogens is 231 g/mol. The van der Waals surface area contributed by atoms with Crippen molar-refractivity contribution in [3.63, 3.8) is 0 Å². The van der Waals surface area contributed by atoms with E-state index >= 15 is 0 Å². The van der Waals surface area contributed by atoms with Crippen LogP contribution in [0, 0.1) is 0 Å². The third kappa shape index (κ3) is 8.70. The highest BCUT2D eigenvalue weighted by atomic mass is 35.5. The molecule has 0 aliphatic rings. The molecule has 0 radical (unpaired) electrons. The SMILES string of the molecule is Cl.Cl.NCCNCCCc1ccccc1. The van der Waals surface area contributed by atoms with Crippen molar-refractivity contribution in [2.75, 3.05) is 19.6 Å². The normalized spacial score (nSPS) is 8.87. The summed E-state index contributed by atoms with van der Waals surface area (Å²) in [4.78, 5) is 0. The molecule has 0 unspecified atom stereocenters. The summed E-state index contributed by atoms with van der Waals surface area (Å²) in [6, 6.07) is 10.6. The van der Waals surface area contributed by atoms with Crippen LogP contribution in [-0.2, 0) is 6.42 Å². The van der Waals surface area contributed by atoms with Crippen molar-refractivity contribution in [1.29, 1.82) is 0 Å². The molecule has 0 atom stereocenters. The summed E-state index contributed by atoms with van der Waals surface area (Å²) in [5, 5.41) is 3.28. The fourth-order valence-electron chi connectivity index (χ4n) is 1.29. The quantitative estimate of drug-likeness (QED) is 0.759. The van der Waals surface area contributed by atoms with Crippen LogP contribution in [0.1, 0.15) is 12.0 Å². The molecule has 0 aliphatic carbocycles. The molecule has 3 N–H and O–H groups in total. The maximum absolute atomic E-state index is 5.36. The molecule has 0 heterocycles. The zero-order chi connectivity index (χ0) is 9.36. The molecule has 0 saturated heterocycles. The minimum Gasteiger partial charge on any atom is -0.329 e. The predicted octanol–water partition coefficient (Wildman–Crippen LogP) is 2.01. The molecule has 88 valence electrons. The van der Waals surface area contributed by atoms with Crippen molar-refractivity contribution in [2.24, 2.45) is 5.73 Å². The van der Waals surface area contributed by atoms with Crippen LogP contribution in [0.15, 0.2) is 30.3 Å². The van der Waals surface area contributed by atoms with Gasteiger partial charge in [-0.3, -0.25) is 0 Å². The Kier molecular flexibility index (Phi) is 13.5. The molecule has 2 nitrogen and oxygen atoms in total. The van der Waals surface area contributed by atoms with Gasteiger partial charge in [0.25, 0.3) is 0 Å². The monoisotopic (exact) mass is 250 g/mol. The van der Waals surface area contributed by atoms with Gasteiger partial charge in [0.15, 0.2) is 0 Å². The van der Waals surface area contributed by atoms with E-state index in [0.717, 1.165) is 26.1 Å². The summed E-state index contributed by atoms with van der Waals surface area (Å²) in [5.74, 6) is 0. The number of aryl methyl sites for hydroxylation is 1. The maximum atomic E-state index is 5.36. The van der Waals surface area contributed by atoms with E-state index in [0.29, 0.717) is 0 Å². The van der Waals surface area contributed by atoms with Gasteiger partial charge < -0.3 is 11.1 Å². The highest BCUT2D eigenvalue weighted by Gasteiger charge is 1.90. The molecule has 1 rings (SSSR count). The summed E-state index contributed by atoms with van der Waals surface area (Å²) >= 11 is 0. The fraction of sp³-hybridized carbons (Fsp3) is 0.455. The van der Waals surface area contributed by atoms with Gasteiger partial charge in [-0.05, 0) is 24.9 Å². The van der Waals surface area contributed by atoms with E-state index in [2.05, 4.69) is 35.6 Å². The van der Waals surface area contributed by atoms with Crippen molar-refractivity contribution < 1.29 is 0 Å². The van der Waals surface area contributed by atoms with Crippen LogP contribution in [0.25, 0.3) is 0 Å². The standard InChI is InChI=1S/C11H18N2.2ClH/c12-8-10-13-9-4-7-11-5-2-1-3-6-11;;/h1-3,5-6,13H,4,7-10,12H2;2*1H. The lowest BCUT2D eigenvalue weighted by atomic mass is 10.1. The van der Waals surface area contributed by atoms with Gasteiger partial charge in [0.1, 0.15) is 0 Å². The average Bonchev–Trinajstić information content (AvgIpc) is 2.19. The molecule has 0 fully saturated rings. The highest BCUT2D eigenvalue weighted by Crippen LogP contribution is 2.00.